The van der Waals surface area contributed by atoms with Gasteiger partial charge in [-0.25, -0.2) is 0 Å². The minimum Gasteiger partial charge on any atom is -0.461 e. The Bertz CT molecular complexity index is 647. The fraction of sp³-hybridized carbons (Fsp3) is 0.286. The zero-order chi connectivity index (χ0) is 16.2. The van der Waals surface area contributed by atoms with E-state index in [0.717, 1.165) is 11.3 Å². The number of amides is 1. The minimum atomic E-state index is -4.34. The van der Waals surface area contributed by atoms with Gasteiger partial charge in [-0.2, -0.15) is 13.2 Å². The van der Waals surface area contributed by atoms with Crippen LogP contribution in [-0.4, -0.2) is 17.9 Å². The quantitative estimate of drug-likeness (QED) is 0.824. The van der Waals surface area contributed by atoms with E-state index in [0.29, 0.717) is 9.75 Å². The molecule has 0 bridgehead atoms. The largest absolute Gasteiger partial charge is 0.461 e. The number of furan rings is 1. The Hall–Kier alpha value is -2.09. The number of nitrogens with one attached hydrogen (secondary N) is 1. The van der Waals surface area contributed by atoms with Crippen molar-refractivity contribution in [1.82, 2.24) is 5.32 Å². The Labute approximate surface area is 127 Å². The molecule has 0 atom stereocenters. The van der Waals surface area contributed by atoms with Crippen molar-refractivity contribution in [2.75, 3.05) is 0 Å². The Balaban J connectivity index is 1.85. The maximum absolute atomic E-state index is 12.0. The van der Waals surface area contributed by atoms with Gasteiger partial charge in [-0.1, -0.05) is 0 Å². The third kappa shape index (κ3) is 4.73. The van der Waals surface area contributed by atoms with Crippen molar-refractivity contribution in [2.45, 2.75) is 25.6 Å². The second-order valence-electron chi connectivity index (χ2n) is 4.46. The van der Waals surface area contributed by atoms with Gasteiger partial charge in [-0.15, -0.1) is 11.3 Å². The maximum atomic E-state index is 12.0. The molecular weight excluding hydrogens is 319 g/mol. The zero-order valence-electron chi connectivity index (χ0n) is 11.3. The number of hydrogen-bond donors (Lipinski definition) is 1. The predicted octanol–water partition coefficient (Wildman–Crippen LogP) is 3.53. The molecule has 0 aliphatic rings. The van der Waals surface area contributed by atoms with Gasteiger partial charge in [0.1, 0.15) is 0 Å². The number of thiophene rings is 1. The number of hydrogen-bond acceptors (Lipinski definition) is 4. The normalized spacial score (nSPS) is 11.4. The van der Waals surface area contributed by atoms with Gasteiger partial charge in [0.05, 0.1) is 24.1 Å². The van der Waals surface area contributed by atoms with Crippen molar-refractivity contribution in [3.8, 4) is 0 Å². The van der Waals surface area contributed by atoms with Gasteiger partial charge in [-0.3, -0.25) is 9.59 Å². The molecule has 0 aliphatic heterocycles. The van der Waals surface area contributed by atoms with Gasteiger partial charge >= 0.3 is 6.18 Å². The first-order valence-corrected chi connectivity index (χ1v) is 7.17. The van der Waals surface area contributed by atoms with Crippen LogP contribution in [0.5, 0.6) is 0 Å². The van der Waals surface area contributed by atoms with Crippen LogP contribution in [0.25, 0.3) is 0 Å². The molecule has 118 valence electrons. The van der Waals surface area contributed by atoms with Gasteiger partial charge in [-0.05, 0) is 24.3 Å². The summed E-state index contributed by atoms with van der Waals surface area (Å²) in [5.74, 6) is -0.739. The van der Waals surface area contributed by atoms with E-state index in [1.165, 1.54) is 6.26 Å². The van der Waals surface area contributed by atoms with Crippen LogP contribution in [0, 0.1) is 0 Å². The molecule has 0 aliphatic carbocycles. The second kappa shape index (κ2) is 6.78. The lowest BCUT2D eigenvalue weighted by Crippen LogP contribution is -2.24. The predicted molar refractivity (Wildman–Crippen MR) is 73.6 cm³/mol. The van der Waals surface area contributed by atoms with E-state index in [9.17, 15) is 22.8 Å². The van der Waals surface area contributed by atoms with E-state index in [1.54, 1.807) is 24.3 Å². The molecule has 8 heteroatoms. The lowest BCUT2D eigenvalue weighted by Gasteiger charge is -2.06. The molecule has 0 spiro atoms. The maximum Gasteiger partial charge on any atom is 0.389 e. The topological polar surface area (TPSA) is 59.3 Å². The Morgan fingerprint density at radius 1 is 1.23 bits per heavy atom. The Morgan fingerprint density at radius 2 is 2.00 bits per heavy atom. The van der Waals surface area contributed by atoms with E-state index in [-0.39, 0.29) is 18.1 Å². The van der Waals surface area contributed by atoms with Crippen LogP contribution < -0.4 is 5.32 Å². The van der Waals surface area contributed by atoms with Crippen molar-refractivity contribution in [1.29, 1.82) is 0 Å². The van der Waals surface area contributed by atoms with Crippen molar-refractivity contribution < 1.29 is 27.2 Å². The number of halogens is 3. The van der Waals surface area contributed by atoms with Crippen LogP contribution in [-0.2, 0) is 11.3 Å². The fourth-order valence-corrected chi connectivity index (χ4v) is 2.55. The van der Waals surface area contributed by atoms with Crippen molar-refractivity contribution in [3.63, 3.8) is 0 Å². The van der Waals surface area contributed by atoms with Gasteiger partial charge in [0.25, 0.3) is 0 Å². The van der Waals surface area contributed by atoms with Crippen LogP contribution in [0.15, 0.2) is 34.9 Å². The molecule has 0 unspecified atom stereocenters. The third-order valence-corrected chi connectivity index (χ3v) is 3.81. The smallest absolute Gasteiger partial charge is 0.389 e. The van der Waals surface area contributed by atoms with Gasteiger partial charge in [0, 0.05) is 11.3 Å². The van der Waals surface area contributed by atoms with Crippen LogP contribution >= 0.6 is 11.3 Å². The Morgan fingerprint density at radius 3 is 2.64 bits per heavy atom. The first-order valence-electron chi connectivity index (χ1n) is 6.35. The molecule has 0 saturated carbocycles. The zero-order valence-corrected chi connectivity index (χ0v) is 12.1. The van der Waals surface area contributed by atoms with E-state index < -0.39 is 24.9 Å². The lowest BCUT2D eigenvalue weighted by atomic mass is 10.2. The lowest BCUT2D eigenvalue weighted by molar-refractivity contribution is -0.144. The third-order valence-electron chi connectivity index (χ3n) is 2.73. The first kappa shape index (κ1) is 16.3. The number of rotatable bonds is 6. The molecule has 2 heterocycles. The summed E-state index contributed by atoms with van der Waals surface area (Å²) in [5.41, 5.74) is 0. The number of alkyl halides is 3. The fourth-order valence-electron chi connectivity index (χ4n) is 1.65. The van der Waals surface area contributed by atoms with Gasteiger partial charge in [0.15, 0.2) is 5.76 Å². The highest BCUT2D eigenvalue weighted by atomic mass is 32.1. The summed E-state index contributed by atoms with van der Waals surface area (Å²) in [4.78, 5) is 24.4. The molecule has 1 amide bonds. The molecular formula is C14H12F3NO3S. The van der Waals surface area contributed by atoms with Crippen molar-refractivity contribution in [2.24, 2.45) is 0 Å². The second-order valence-corrected chi connectivity index (χ2v) is 5.63. The molecule has 22 heavy (non-hydrogen) atoms. The molecule has 1 N–H and O–H groups in total. The minimum absolute atomic E-state index is 0.0901. The average Bonchev–Trinajstić information content (AvgIpc) is 3.12. The summed E-state index contributed by atoms with van der Waals surface area (Å²) in [6, 6.07) is 6.38. The summed E-state index contributed by atoms with van der Waals surface area (Å²) in [6.07, 6.45) is -4.70. The van der Waals surface area contributed by atoms with Crippen LogP contribution in [0.3, 0.4) is 0 Å². The van der Waals surface area contributed by atoms with E-state index in [2.05, 4.69) is 5.32 Å². The summed E-state index contributed by atoms with van der Waals surface area (Å²) in [7, 11) is 0. The van der Waals surface area contributed by atoms with Gasteiger partial charge in [0.2, 0.25) is 11.7 Å². The molecule has 0 fully saturated rings. The van der Waals surface area contributed by atoms with E-state index in [4.69, 9.17) is 4.42 Å². The van der Waals surface area contributed by atoms with E-state index in [1.807, 2.05) is 0 Å². The van der Waals surface area contributed by atoms with Crippen LogP contribution in [0.1, 0.15) is 33.2 Å². The molecule has 4 nitrogen and oxygen atoms in total. The molecule has 2 rings (SSSR count). The average molecular weight is 331 g/mol. The molecule has 0 radical (unpaired) electrons. The monoisotopic (exact) mass is 331 g/mol. The summed E-state index contributed by atoms with van der Waals surface area (Å²) < 4.78 is 40.9. The van der Waals surface area contributed by atoms with Crippen LogP contribution in [0.4, 0.5) is 13.2 Å². The molecule has 0 saturated heterocycles. The summed E-state index contributed by atoms with van der Waals surface area (Å²) in [5, 5.41) is 2.40. The molecule has 0 aromatic carbocycles. The Kier molecular flexibility index (Phi) is 5.02. The number of carbonyl (C=O) groups excluding carboxylic acids is 2. The highest BCUT2D eigenvalue weighted by Crippen LogP contribution is 2.22. The number of carbonyl (C=O) groups is 2. The SMILES string of the molecule is O=C(CCC(F)(F)F)NCc1ccc(C(=O)c2ccco2)s1. The molecule has 2 aromatic heterocycles. The van der Waals surface area contributed by atoms with Crippen LogP contribution in [0.2, 0.25) is 0 Å². The summed E-state index contributed by atoms with van der Waals surface area (Å²) >= 11 is 1.16. The number of ketones is 1. The first-order chi connectivity index (χ1) is 10.3. The standard InChI is InChI=1S/C14H12F3NO3S/c15-14(16,17)6-5-12(19)18-8-9-3-4-11(22-9)13(20)10-2-1-7-21-10/h1-4,7H,5-6,8H2,(H,18,19). The van der Waals surface area contributed by atoms with E-state index >= 15 is 0 Å². The highest BCUT2D eigenvalue weighted by molar-refractivity contribution is 7.14. The summed E-state index contributed by atoms with van der Waals surface area (Å²) in [6.45, 7) is 0.0901. The highest BCUT2D eigenvalue weighted by Gasteiger charge is 2.27. The van der Waals surface area contributed by atoms with Crippen molar-refractivity contribution in [3.05, 3.63) is 46.0 Å². The van der Waals surface area contributed by atoms with Crippen molar-refractivity contribution >= 4 is 23.0 Å². The molecule has 2 aromatic rings. The van der Waals surface area contributed by atoms with Gasteiger partial charge < -0.3 is 9.73 Å².